The number of rotatable bonds is 3. The number of nitrogens with two attached hydrogens (primary N) is 1. The average molecular weight is 215 g/mol. The number of carbonyl (C=O) groups is 1. The van der Waals surface area contributed by atoms with Gasteiger partial charge in [0.05, 0.1) is 0 Å². The Kier molecular flexibility index (Phi) is 2.87. The van der Waals surface area contributed by atoms with Crippen LogP contribution in [0.15, 0.2) is 10.5 Å². The molecule has 1 rings (SSSR count). The van der Waals surface area contributed by atoms with Gasteiger partial charge in [-0.25, -0.2) is 4.73 Å². The Morgan fingerprint density at radius 2 is 2.50 bits per heavy atom. The maximum Gasteiger partial charge on any atom is 0.335 e. The molecular formula is C6H7N4O3S. The van der Waals surface area contributed by atoms with E-state index >= 15 is 0 Å². The minimum Gasteiger partial charge on any atom is -0.709 e. The molecule has 0 fully saturated rings. The van der Waals surface area contributed by atoms with Gasteiger partial charge in [0, 0.05) is 5.38 Å². The number of nitrogens with zero attached hydrogens (tertiary/aromatic N) is 2. The molecule has 0 saturated heterocycles. The maximum absolute atomic E-state index is 11.2. The van der Waals surface area contributed by atoms with E-state index in [0.717, 1.165) is 11.3 Å². The second kappa shape index (κ2) is 3.92. The van der Waals surface area contributed by atoms with Crippen LogP contribution in [-0.2, 0) is 9.63 Å². The van der Waals surface area contributed by atoms with Crippen LogP contribution in [0.3, 0.4) is 0 Å². The zero-order valence-corrected chi connectivity index (χ0v) is 8.00. The van der Waals surface area contributed by atoms with Gasteiger partial charge in [0.25, 0.3) is 5.91 Å². The zero-order valence-electron chi connectivity index (χ0n) is 7.18. The van der Waals surface area contributed by atoms with Crippen molar-refractivity contribution < 1.29 is 14.4 Å². The molecule has 0 unspecified atom stereocenters. The number of hydrogen-bond donors (Lipinski definition) is 1. The third-order valence-electron chi connectivity index (χ3n) is 1.35. The molecule has 0 atom stereocenters. The lowest BCUT2D eigenvalue weighted by molar-refractivity contribution is -0.586. The Hall–Kier alpha value is -1.83. The van der Waals surface area contributed by atoms with E-state index in [1.165, 1.54) is 12.5 Å². The van der Waals surface area contributed by atoms with Crippen molar-refractivity contribution >= 4 is 28.1 Å². The van der Waals surface area contributed by atoms with Crippen LogP contribution in [0.5, 0.6) is 0 Å². The number of nitrogen functional groups attached to an aromatic ring is 1. The third kappa shape index (κ3) is 1.74. The summed E-state index contributed by atoms with van der Waals surface area (Å²) in [7, 11) is 1.22. The number of amides is 1. The minimum atomic E-state index is -1.10. The van der Waals surface area contributed by atoms with E-state index in [2.05, 4.69) is 9.99 Å². The molecule has 75 valence electrons. The number of aromatic nitrogens is 1. The maximum atomic E-state index is 11.2. The van der Waals surface area contributed by atoms with Gasteiger partial charge in [0.1, 0.15) is 7.11 Å². The minimum absolute atomic E-state index is 0.0231. The molecule has 0 aliphatic rings. The summed E-state index contributed by atoms with van der Waals surface area (Å²) in [4.78, 5) is 15.1. The topological polar surface area (TPSA) is 115 Å². The lowest BCUT2D eigenvalue weighted by Gasteiger charge is -2.03. The van der Waals surface area contributed by atoms with Crippen LogP contribution in [0.1, 0.15) is 5.69 Å². The van der Waals surface area contributed by atoms with Gasteiger partial charge >= 0.3 is 5.13 Å². The van der Waals surface area contributed by atoms with Crippen LogP contribution in [-0.4, -0.2) is 18.7 Å². The van der Waals surface area contributed by atoms with E-state index in [-0.39, 0.29) is 16.5 Å². The molecule has 0 saturated carbocycles. The summed E-state index contributed by atoms with van der Waals surface area (Å²) in [6.07, 6.45) is 0. The first kappa shape index (κ1) is 10.3. The number of oxime groups is 1. The van der Waals surface area contributed by atoms with E-state index in [1.807, 2.05) is 0 Å². The molecule has 0 spiro atoms. The van der Waals surface area contributed by atoms with Crippen LogP contribution in [0.2, 0.25) is 0 Å². The number of carbonyl (C=O) groups excluding carboxylic acids is 1. The summed E-state index contributed by atoms with van der Waals surface area (Å²) in [6, 6.07) is 0. The van der Waals surface area contributed by atoms with E-state index in [0.29, 0.717) is 4.73 Å². The molecule has 1 aromatic heterocycles. The highest BCUT2D eigenvalue weighted by Crippen LogP contribution is 2.09. The van der Waals surface area contributed by atoms with Gasteiger partial charge in [-0.3, -0.25) is 16.3 Å². The summed E-state index contributed by atoms with van der Waals surface area (Å²) in [5, 5.41) is 15.8. The summed E-state index contributed by atoms with van der Waals surface area (Å²) >= 11 is 0.959. The van der Waals surface area contributed by atoms with Crippen molar-refractivity contribution in [3.8, 4) is 0 Å². The van der Waals surface area contributed by atoms with Crippen LogP contribution >= 0.6 is 11.3 Å². The molecule has 3 N–H and O–H groups in total. The zero-order chi connectivity index (χ0) is 10.7. The highest BCUT2D eigenvalue weighted by atomic mass is 32.1. The van der Waals surface area contributed by atoms with Crippen LogP contribution in [0.4, 0.5) is 5.13 Å². The highest BCUT2D eigenvalue weighted by molar-refractivity contribution is 7.13. The fourth-order valence-corrected chi connectivity index (χ4v) is 1.41. The summed E-state index contributed by atoms with van der Waals surface area (Å²) in [6.45, 7) is 0. The summed E-state index contributed by atoms with van der Waals surface area (Å²) in [5.74, 6) is -1.10. The molecule has 1 heterocycles. The molecule has 1 amide bonds. The van der Waals surface area contributed by atoms with Crippen LogP contribution in [0.25, 0.3) is 0 Å². The van der Waals surface area contributed by atoms with Crippen LogP contribution < -0.4 is 16.2 Å². The molecule has 0 aromatic carbocycles. The average Bonchev–Trinajstić information content (AvgIpc) is 2.44. The molecule has 0 aliphatic heterocycles. The molecule has 14 heavy (non-hydrogen) atoms. The van der Waals surface area contributed by atoms with Crippen LogP contribution in [0, 0.1) is 5.21 Å². The fraction of sp³-hybridized carbons (Fsp3) is 0.167. The summed E-state index contributed by atoms with van der Waals surface area (Å²) < 4.78 is 0.328. The van der Waals surface area contributed by atoms with Crippen molar-refractivity contribution in [3.63, 3.8) is 0 Å². The van der Waals surface area contributed by atoms with Crippen molar-refractivity contribution in [1.82, 2.24) is 5.73 Å². The smallest absolute Gasteiger partial charge is 0.335 e. The van der Waals surface area contributed by atoms with Gasteiger partial charge in [0.15, 0.2) is 5.69 Å². The first-order chi connectivity index (χ1) is 6.57. The van der Waals surface area contributed by atoms with Crippen molar-refractivity contribution in [2.24, 2.45) is 5.16 Å². The van der Waals surface area contributed by atoms with E-state index in [1.54, 1.807) is 0 Å². The molecule has 1 radical (unpaired) electrons. The Bertz CT molecular complexity index is 386. The summed E-state index contributed by atoms with van der Waals surface area (Å²) in [5.41, 5.74) is 11.7. The largest absolute Gasteiger partial charge is 0.709 e. The number of anilines is 1. The van der Waals surface area contributed by atoms with Crippen molar-refractivity contribution in [2.75, 3.05) is 12.8 Å². The number of thiazole rings is 1. The third-order valence-corrected chi connectivity index (χ3v) is 2.10. The Balaban J connectivity index is 3.19. The predicted molar refractivity (Wildman–Crippen MR) is 49.3 cm³/mol. The Morgan fingerprint density at radius 1 is 1.86 bits per heavy atom. The van der Waals surface area contributed by atoms with E-state index in [4.69, 9.17) is 11.5 Å². The van der Waals surface area contributed by atoms with Gasteiger partial charge in [-0.05, 0) is 0 Å². The SMILES string of the molecule is CON=C(C([NH])=O)c1csc(N)[n+]1[O-]. The first-order valence-electron chi connectivity index (χ1n) is 3.42. The lowest BCUT2D eigenvalue weighted by Crippen LogP contribution is -2.37. The van der Waals surface area contributed by atoms with Gasteiger partial charge in [-0.1, -0.05) is 16.5 Å². The Morgan fingerprint density at radius 3 is 2.86 bits per heavy atom. The number of hydrogen-bond acceptors (Lipinski definition) is 6. The monoisotopic (exact) mass is 215 g/mol. The normalized spacial score (nSPS) is 11.4. The lowest BCUT2D eigenvalue weighted by atomic mass is 10.3. The van der Waals surface area contributed by atoms with Gasteiger partial charge in [-0.15, -0.1) is 0 Å². The van der Waals surface area contributed by atoms with Crippen molar-refractivity contribution in [2.45, 2.75) is 0 Å². The molecule has 1 aromatic rings. The first-order valence-corrected chi connectivity index (χ1v) is 4.30. The molecule has 0 bridgehead atoms. The quantitative estimate of drug-likeness (QED) is 0.305. The van der Waals surface area contributed by atoms with Crippen molar-refractivity contribution in [3.05, 3.63) is 16.3 Å². The second-order valence-corrected chi connectivity index (χ2v) is 3.09. The van der Waals surface area contributed by atoms with Gasteiger partial charge in [0.2, 0.25) is 5.71 Å². The van der Waals surface area contributed by atoms with E-state index in [9.17, 15) is 10.0 Å². The van der Waals surface area contributed by atoms with Crippen molar-refractivity contribution in [1.29, 1.82) is 0 Å². The van der Waals surface area contributed by atoms with Gasteiger partial charge in [-0.2, -0.15) is 0 Å². The molecule has 0 aliphatic carbocycles. The molecule has 7 nitrogen and oxygen atoms in total. The second-order valence-electron chi connectivity index (χ2n) is 2.21. The molecule has 8 heteroatoms. The molecular weight excluding hydrogens is 208 g/mol. The predicted octanol–water partition coefficient (Wildman–Crippen LogP) is -0.876. The fourth-order valence-electron chi connectivity index (χ4n) is 0.778. The standard InChI is InChI=1S/C6H7N4O3S/c1-13-9-4(5(7)11)3-2-14-6(8)10(3)12/h2,7H,8H2,1H3. The van der Waals surface area contributed by atoms with Gasteiger partial charge < -0.3 is 10.0 Å². The Labute approximate surface area is 83.1 Å². The number of nitrogens with one attached hydrogen (secondary N) is 1. The highest BCUT2D eigenvalue weighted by Gasteiger charge is 2.20. The van der Waals surface area contributed by atoms with E-state index < -0.39 is 5.91 Å².